The van der Waals surface area contributed by atoms with Gasteiger partial charge in [-0.1, -0.05) is 0 Å². The Balaban J connectivity index is 2.18. The zero-order chi connectivity index (χ0) is 11.7. The van der Waals surface area contributed by atoms with Crippen LogP contribution in [0.25, 0.3) is 0 Å². The Morgan fingerprint density at radius 2 is 2.25 bits per heavy atom. The van der Waals surface area contributed by atoms with Gasteiger partial charge in [0, 0.05) is 11.4 Å². The number of aliphatic carboxylic acids is 1. The van der Waals surface area contributed by atoms with E-state index in [-0.39, 0.29) is 5.91 Å². The Kier molecular flexibility index (Phi) is 2.96. The number of likely N-dealkylation sites (tertiary alicyclic amines) is 1. The molecule has 2 rings (SSSR count). The minimum atomic E-state index is -0.904. The lowest BCUT2D eigenvalue weighted by Crippen LogP contribution is -2.40. The van der Waals surface area contributed by atoms with E-state index in [0.717, 1.165) is 11.3 Å². The van der Waals surface area contributed by atoms with Gasteiger partial charge in [0.05, 0.1) is 4.88 Å². The second-order valence-corrected chi connectivity index (χ2v) is 5.19. The first-order chi connectivity index (χ1) is 7.59. The Morgan fingerprint density at radius 3 is 2.81 bits per heavy atom. The summed E-state index contributed by atoms with van der Waals surface area (Å²) in [6.07, 6.45) is 1.33. The van der Waals surface area contributed by atoms with Gasteiger partial charge in [-0.2, -0.15) is 0 Å². The lowest BCUT2D eigenvalue weighted by molar-refractivity contribution is -0.141. The van der Waals surface area contributed by atoms with Crippen LogP contribution in [0.2, 0.25) is 0 Å². The molecule has 2 heterocycles. The third-order valence-corrected chi connectivity index (χ3v) is 3.74. The smallest absolute Gasteiger partial charge is 0.326 e. The summed E-state index contributed by atoms with van der Waals surface area (Å²) >= 11 is 1.41. The number of nitrogens with zero attached hydrogens (tertiary/aromatic N) is 1. The summed E-state index contributed by atoms with van der Waals surface area (Å²) in [5.41, 5.74) is 0. The fraction of sp³-hybridized carbons (Fsp3) is 0.455. The van der Waals surface area contributed by atoms with Crippen molar-refractivity contribution in [3.8, 4) is 0 Å². The molecule has 1 amide bonds. The fourth-order valence-corrected chi connectivity index (χ4v) is 2.78. The molecule has 0 saturated carbocycles. The Bertz CT molecular complexity index is 427. The molecule has 0 bridgehead atoms. The van der Waals surface area contributed by atoms with E-state index in [4.69, 9.17) is 5.11 Å². The SMILES string of the molecule is Cc1ccc(C(=O)N2CCC[C@@H]2C(=O)O)s1. The summed E-state index contributed by atoms with van der Waals surface area (Å²) in [4.78, 5) is 26.2. The van der Waals surface area contributed by atoms with E-state index in [2.05, 4.69) is 0 Å². The molecule has 1 N–H and O–H groups in total. The Morgan fingerprint density at radius 1 is 1.50 bits per heavy atom. The summed E-state index contributed by atoms with van der Waals surface area (Å²) in [6.45, 7) is 2.48. The second-order valence-electron chi connectivity index (χ2n) is 3.91. The molecule has 0 radical (unpaired) electrons. The third kappa shape index (κ3) is 1.95. The van der Waals surface area contributed by atoms with Crippen molar-refractivity contribution in [3.63, 3.8) is 0 Å². The molecule has 1 aliphatic heterocycles. The second kappa shape index (κ2) is 4.25. The average molecular weight is 239 g/mol. The number of thiophene rings is 1. The monoisotopic (exact) mass is 239 g/mol. The first kappa shape index (κ1) is 11.1. The molecule has 1 aromatic rings. The minimum absolute atomic E-state index is 0.150. The van der Waals surface area contributed by atoms with Gasteiger partial charge in [0.2, 0.25) is 0 Å². The van der Waals surface area contributed by atoms with Crippen molar-refractivity contribution < 1.29 is 14.7 Å². The van der Waals surface area contributed by atoms with Gasteiger partial charge < -0.3 is 10.0 Å². The third-order valence-electron chi connectivity index (χ3n) is 2.75. The van der Waals surface area contributed by atoms with Crippen molar-refractivity contribution in [1.29, 1.82) is 0 Å². The highest BCUT2D eigenvalue weighted by Gasteiger charge is 2.34. The van der Waals surface area contributed by atoms with Gasteiger partial charge in [0.25, 0.3) is 5.91 Å². The predicted molar refractivity (Wildman–Crippen MR) is 60.8 cm³/mol. The summed E-state index contributed by atoms with van der Waals surface area (Å²) in [5.74, 6) is -1.05. The molecule has 1 aliphatic rings. The minimum Gasteiger partial charge on any atom is -0.480 e. The first-order valence-electron chi connectivity index (χ1n) is 5.20. The number of aryl methyl sites for hydroxylation is 1. The van der Waals surface area contributed by atoms with Gasteiger partial charge in [0.1, 0.15) is 6.04 Å². The number of amides is 1. The van der Waals surface area contributed by atoms with E-state index >= 15 is 0 Å². The molecular weight excluding hydrogens is 226 g/mol. The predicted octanol–water partition coefficient (Wildman–Crippen LogP) is 1.75. The van der Waals surface area contributed by atoms with Gasteiger partial charge in [-0.05, 0) is 31.9 Å². The van der Waals surface area contributed by atoms with E-state index in [0.29, 0.717) is 17.8 Å². The molecule has 16 heavy (non-hydrogen) atoms. The van der Waals surface area contributed by atoms with Crippen LogP contribution in [0, 0.1) is 6.92 Å². The molecule has 5 heteroatoms. The lowest BCUT2D eigenvalue weighted by Gasteiger charge is -2.20. The van der Waals surface area contributed by atoms with Crippen LogP contribution >= 0.6 is 11.3 Å². The van der Waals surface area contributed by atoms with E-state index in [1.54, 1.807) is 6.07 Å². The van der Waals surface area contributed by atoms with Gasteiger partial charge in [-0.15, -0.1) is 11.3 Å². The molecule has 0 aliphatic carbocycles. The summed E-state index contributed by atoms with van der Waals surface area (Å²) in [5, 5.41) is 8.99. The van der Waals surface area contributed by atoms with Crippen LogP contribution < -0.4 is 0 Å². The molecule has 0 spiro atoms. The highest BCUT2D eigenvalue weighted by Crippen LogP contribution is 2.23. The maximum atomic E-state index is 12.0. The van der Waals surface area contributed by atoms with Crippen molar-refractivity contribution in [2.45, 2.75) is 25.8 Å². The maximum Gasteiger partial charge on any atom is 0.326 e. The molecule has 0 aromatic carbocycles. The van der Waals surface area contributed by atoms with Crippen LogP contribution in [0.5, 0.6) is 0 Å². The van der Waals surface area contributed by atoms with Gasteiger partial charge in [0.15, 0.2) is 0 Å². The Labute approximate surface area is 97.5 Å². The average Bonchev–Trinajstić information content (AvgIpc) is 2.84. The van der Waals surface area contributed by atoms with Gasteiger partial charge >= 0.3 is 5.97 Å². The van der Waals surface area contributed by atoms with E-state index in [9.17, 15) is 9.59 Å². The zero-order valence-electron chi connectivity index (χ0n) is 8.97. The van der Waals surface area contributed by atoms with Crippen LogP contribution in [-0.4, -0.2) is 34.5 Å². The highest BCUT2D eigenvalue weighted by atomic mass is 32.1. The molecule has 1 fully saturated rings. The van der Waals surface area contributed by atoms with Crippen molar-refractivity contribution >= 4 is 23.2 Å². The molecule has 86 valence electrons. The normalized spacial score (nSPS) is 20.1. The molecule has 0 unspecified atom stereocenters. The molecule has 4 nitrogen and oxygen atoms in total. The van der Waals surface area contributed by atoms with E-state index < -0.39 is 12.0 Å². The van der Waals surface area contributed by atoms with Gasteiger partial charge in [-0.25, -0.2) is 4.79 Å². The van der Waals surface area contributed by atoms with E-state index in [1.165, 1.54) is 16.2 Å². The quantitative estimate of drug-likeness (QED) is 0.855. The summed E-state index contributed by atoms with van der Waals surface area (Å²) in [7, 11) is 0. The number of hydrogen-bond acceptors (Lipinski definition) is 3. The van der Waals surface area contributed by atoms with Crippen molar-refractivity contribution in [2.75, 3.05) is 6.54 Å². The van der Waals surface area contributed by atoms with Crippen LogP contribution in [0.4, 0.5) is 0 Å². The number of carboxylic acids is 1. The number of rotatable bonds is 2. The number of carbonyl (C=O) groups is 2. The van der Waals surface area contributed by atoms with Crippen LogP contribution in [0.15, 0.2) is 12.1 Å². The van der Waals surface area contributed by atoms with E-state index in [1.807, 2.05) is 13.0 Å². The topological polar surface area (TPSA) is 57.6 Å². The number of carboxylic acid groups (broad SMARTS) is 1. The lowest BCUT2D eigenvalue weighted by atomic mass is 10.2. The molecule has 1 atom stereocenters. The summed E-state index contributed by atoms with van der Waals surface area (Å²) < 4.78 is 0. The number of hydrogen-bond donors (Lipinski definition) is 1. The molecular formula is C11H13NO3S. The Hall–Kier alpha value is -1.36. The van der Waals surface area contributed by atoms with Crippen molar-refractivity contribution in [1.82, 2.24) is 4.90 Å². The maximum absolute atomic E-state index is 12.0. The van der Waals surface area contributed by atoms with Crippen LogP contribution in [-0.2, 0) is 4.79 Å². The zero-order valence-corrected chi connectivity index (χ0v) is 9.79. The highest BCUT2D eigenvalue weighted by molar-refractivity contribution is 7.13. The standard InChI is InChI=1S/C11H13NO3S/c1-7-4-5-9(16-7)10(13)12-6-2-3-8(12)11(14)15/h4-5,8H,2-3,6H2,1H3,(H,14,15)/t8-/m1/s1. The first-order valence-corrected chi connectivity index (χ1v) is 6.01. The van der Waals surface area contributed by atoms with Crippen molar-refractivity contribution in [2.24, 2.45) is 0 Å². The molecule has 1 aromatic heterocycles. The number of carbonyl (C=O) groups excluding carboxylic acids is 1. The van der Waals surface area contributed by atoms with Crippen LogP contribution in [0.3, 0.4) is 0 Å². The molecule has 1 saturated heterocycles. The summed E-state index contributed by atoms with van der Waals surface area (Å²) in [6, 6.07) is 3.00. The largest absolute Gasteiger partial charge is 0.480 e. The van der Waals surface area contributed by atoms with Crippen molar-refractivity contribution in [3.05, 3.63) is 21.9 Å². The van der Waals surface area contributed by atoms with Gasteiger partial charge in [-0.3, -0.25) is 4.79 Å². The van der Waals surface area contributed by atoms with Crippen LogP contribution in [0.1, 0.15) is 27.4 Å². The fourth-order valence-electron chi connectivity index (χ4n) is 1.96.